The van der Waals surface area contributed by atoms with Crippen molar-refractivity contribution in [3.8, 4) is 6.07 Å². The molecule has 1 amide bonds. The van der Waals surface area contributed by atoms with E-state index in [2.05, 4.69) is 17.9 Å². The molecule has 2 aliphatic rings. The van der Waals surface area contributed by atoms with E-state index in [4.69, 9.17) is 17.0 Å². The highest BCUT2D eigenvalue weighted by Crippen LogP contribution is 2.36. The van der Waals surface area contributed by atoms with Crippen LogP contribution in [-0.2, 0) is 16.1 Å². The largest absolute Gasteiger partial charge is 0.372 e. The van der Waals surface area contributed by atoms with E-state index in [1.54, 1.807) is 16.4 Å². The monoisotopic (exact) mass is 516 g/mol. The zero-order valence-corrected chi connectivity index (χ0v) is 23.1. The van der Waals surface area contributed by atoms with E-state index in [0.717, 1.165) is 43.5 Å². The van der Waals surface area contributed by atoms with E-state index in [1.165, 1.54) is 11.8 Å². The molecule has 2 saturated heterocycles. The Kier molecular flexibility index (Phi) is 9.56. The number of nitrogens with zero attached hydrogens (tertiary/aromatic N) is 4. The maximum absolute atomic E-state index is 13.3. The fourth-order valence-corrected chi connectivity index (χ4v) is 6.08. The number of hydrogen-bond acceptors (Lipinski definition) is 7. The van der Waals surface area contributed by atoms with Crippen LogP contribution in [0.1, 0.15) is 76.5 Å². The summed E-state index contributed by atoms with van der Waals surface area (Å²) in [5.41, 5.74) is 1.18. The maximum Gasteiger partial charge on any atom is 0.270 e. The fourth-order valence-electron chi connectivity index (χ4n) is 4.79. The zero-order valence-electron chi connectivity index (χ0n) is 21.4. The van der Waals surface area contributed by atoms with Gasteiger partial charge in [-0.25, -0.2) is 0 Å². The first-order valence-corrected chi connectivity index (χ1v) is 13.8. The maximum atomic E-state index is 13.3. The molecule has 3 rings (SSSR count). The second kappa shape index (κ2) is 12.2. The lowest BCUT2D eigenvalue weighted by Crippen LogP contribution is -2.48. The Hall–Kier alpha value is -2.15. The molecule has 2 atom stereocenters. The van der Waals surface area contributed by atoms with Crippen LogP contribution in [-0.4, -0.2) is 51.5 Å². The number of amides is 1. The number of pyridine rings is 1. The Morgan fingerprint density at radius 2 is 1.80 bits per heavy atom. The molecular weight excluding hydrogens is 480 g/mol. The minimum absolute atomic E-state index is 0.00550. The van der Waals surface area contributed by atoms with Crippen molar-refractivity contribution < 1.29 is 9.53 Å². The van der Waals surface area contributed by atoms with Crippen molar-refractivity contribution in [2.75, 3.05) is 24.5 Å². The quantitative estimate of drug-likeness (QED) is 0.264. The van der Waals surface area contributed by atoms with E-state index in [-0.39, 0.29) is 29.2 Å². The summed E-state index contributed by atoms with van der Waals surface area (Å²) in [6, 6.07) is 2.11. The lowest BCUT2D eigenvalue weighted by molar-refractivity contribution is -0.122. The molecule has 0 aromatic carbocycles. The Morgan fingerprint density at radius 1 is 1.11 bits per heavy atom. The number of aromatic nitrogens is 1. The van der Waals surface area contributed by atoms with E-state index >= 15 is 0 Å². The number of anilines is 1. The summed E-state index contributed by atoms with van der Waals surface area (Å²) >= 11 is 6.84. The van der Waals surface area contributed by atoms with Crippen LogP contribution in [0.2, 0.25) is 0 Å². The molecule has 3 heterocycles. The first-order chi connectivity index (χ1) is 16.7. The number of morpholine rings is 1. The zero-order chi connectivity index (χ0) is 25.7. The van der Waals surface area contributed by atoms with Gasteiger partial charge in [-0.05, 0) is 45.3 Å². The van der Waals surface area contributed by atoms with Gasteiger partial charge in [0, 0.05) is 31.7 Å². The lowest BCUT2D eigenvalue weighted by atomic mass is 10.0. The summed E-state index contributed by atoms with van der Waals surface area (Å²) in [5, 5.41) is 9.82. The van der Waals surface area contributed by atoms with Crippen molar-refractivity contribution in [3.63, 3.8) is 0 Å². The highest BCUT2D eigenvalue weighted by atomic mass is 32.2. The molecule has 0 saturated carbocycles. The van der Waals surface area contributed by atoms with Crippen LogP contribution in [0.25, 0.3) is 6.08 Å². The molecule has 1 aromatic heterocycles. The van der Waals surface area contributed by atoms with Crippen LogP contribution in [0.4, 0.5) is 5.82 Å². The van der Waals surface area contributed by atoms with Crippen LogP contribution >= 0.6 is 24.0 Å². The highest BCUT2D eigenvalue weighted by molar-refractivity contribution is 8.26. The number of unbranched alkanes of at least 4 members (excludes halogenated alkanes) is 3. The second-order valence-electron chi connectivity index (χ2n) is 9.36. The topological polar surface area (TPSA) is 78.6 Å². The van der Waals surface area contributed by atoms with Gasteiger partial charge < -0.3 is 9.64 Å². The van der Waals surface area contributed by atoms with Gasteiger partial charge in [0.1, 0.15) is 21.8 Å². The predicted molar refractivity (Wildman–Crippen MR) is 147 cm³/mol. The normalized spacial score (nSPS) is 21.8. The van der Waals surface area contributed by atoms with Crippen molar-refractivity contribution in [2.24, 2.45) is 0 Å². The molecule has 2 aliphatic heterocycles. The fraction of sp³-hybridized carbons (Fsp3) is 0.615. The number of ether oxygens (including phenoxy) is 1. The third-order valence-corrected chi connectivity index (χ3v) is 7.77. The van der Waals surface area contributed by atoms with E-state index < -0.39 is 0 Å². The van der Waals surface area contributed by atoms with Gasteiger partial charge in [-0.2, -0.15) is 5.26 Å². The SMILES string of the molecule is CCCCCCN1C(=O)/C(=C/c2c(C)c(C#N)c(=O)n(CCC)c2N2CC(C)OC(C)C2)SC1=S. The van der Waals surface area contributed by atoms with Gasteiger partial charge in [0.05, 0.1) is 17.1 Å². The smallest absolute Gasteiger partial charge is 0.270 e. The van der Waals surface area contributed by atoms with Gasteiger partial charge in [-0.3, -0.25) is 19.1 Å². The number of nitriles is 1. The first kappa shape index (κ1) is 27.4. The first-order valence-electron chi connectivity index (χ1n) is 12.6. The number of carbonyl (C=O) groups excluding carboxylic acids is 1. The van der Waals surface area contributed by atoms with Crippen LogP contribution in [0.3, 0.4) is 0 Å². The Bertz CT molecular complexity index is 1100. The summed E-state index contributed by atoms with van der Waals surface area (Å²) in [7, 11) is 0. The number of rotatable bonds is 9. The van der Waals surface area contributed by atoms with Crippen molar-refractivity contribution in [2.45, 2.75) is 85.5 Å². The number of carbonyl (C=O) groups is 1. The molecule has 0 spiro atoms. The Labute approximate surface area is 218 Å². The average Bonchev–Trinajstić information content (AvgIpc) is 3.06. The average molecular weight is 517 g/mol. The molecule has 0 radical (unpaired) electrons. The Morgan fingerprint density at radius 3 is 2.40 bits per heavy atom. The molecular formula is C26H36N4O3S2. The summed E-state index contributed by atoms with van der Waals surface area (Å²) in [5.74, 6) is 0.654. The van der Waals surface area contributed by atoms with Crippen molar-refractivity contribution >= 4 is 46.1 Å². The van der Waals surface area contributed by atoms with Gasteiger partial charge in [0.15, 0.2) is 0 Å². The molecule has 1 aromatic rings. The van der Waals surface area contributed by atoms with Crippen LogP contribution in [0.5, 0.6) is 0 Å². The van der Waals surface area contributed by atoms with E-state index in [9.17, 15) is 14.9 Å². The van der Waals surface area contributed by atoms with Crippen LogP contribution in [0, 0.1) is 18.3 Å². The van der Waals surface area contributed by atoms with Crippen LogP contribution < -0.4 is 10.5 Å². The van der Waals surface area contributed by atoms with Crippen molar-refractivity contribution in [3.05, 3.63) is 31.9 Å². The number of hydrogen-bond donors (Lipinski definition) is 0. The summed E-state index contributed by atoms with van der Waals surface area (Å²) < 4.78 is 8.20. The number of thioether (sulfide) groups is 1. The summed E-state index contributed by atoms with van der Waals surface area (Å²) in [4.78, 5) is 31.0. The van der Waals surface area contributed by atoms with Gasteiger partial charge in [0.25, 0.3) is 11.5 Å². The molecule has 9 heteroatoms. The minimum atomic E-state index is -0.283. The number of thiocarbonyl (C=S) groups is 1. The van der Waals surface area contributed by atoms with E-state index in [0.29, 0.717) is 41.0 Å². The Balaban J connectivity index is 2.12. The molecule has 2 unspecified atom stereocenters. The van der Waals surface area contributed by atoms with Crippen LogP contribution in [0.15, 0.2) is 9.70 Å². The van der Waals surface area contributed by atoms with Gasteiger partial charge in [0.2, 0.25) is 0 Å². The van der Waals surface area contributed by atoms with Gasteiger partial charge >= 0.3 is 0 Å². The van der Waals surface area contributed by atoms with Gasteiger partial charge in [-0.15, -0.1) is 0 Å². The van der Waals surface area contributed by atoms with Gasteiger partial charge in [-0.1, -0.05) is 57.1 Å². The predicted octanol–water partition coefficient (Wildman–Crippen LogP) is 4.83. The standard InChI is InChI=1S/C26H36N4O3S2/c1-6-8-9-10-12-30-25(32)22(35-26(30)34)13-20-19(5)21(14-27)24(31)29(11-7-2)23(20)28-15-17(3)33-18(4)16-28/h13,17-18H,6-12,15-16H2,1-5H3/b22-13-. The molecule has 2 fully saturated rings. The summed E-state index contributed by atoms with van der Waals surface area (Å²) in [6.07, 6.45) is 6.83. The molecule has 0 aliphatic carbocycles. The molecule has 35 heavy (non-hydrogen) atoms. The molecule has 190 valence electrons. The second-order valence-corrected chi connectivity index (χ2v) is 11.0. The third-order valence-electron chi connectivity index (χ3n) is 6.40. The van der Waals surface area contributed by atoms with Crippen molar-refractivity contribution in [1.82, 2.24) is 9.47 Å². The lowest BCUT2D eigenvalue weighted by Gasteiger charge is -2.39. The highest BCUT2D eigenvalue weighted by Gasteiger charge is 2.34. The summed E-state index contributed by atoms with van der Waals surface area (Å²) in [6.45, 7) is 12.4. The molecule has 7 nitrogen and oxygen atoms in total. The minimum Gasteiger partial charge on any atom is -0.372 e. The van der Waals surface area contributed by atoms with Crippen molar-refractivity contribution in [1.29, 1.82) is 5.26 Å². The van der Waals surface area contributed by atoms with E-state index in [1.807, 2.05) is 26.8 Å². The third kappa shape index (κ3) is 5.99. The molecule has 0 bridgehead atoms. The molecule has 0 N–H and O–H groups in total.